The molecule has 1 aliphatic heterocycles. The van der Waals surface area contributed by atoms with Gasteiger partial charge in [-0.1, -0.05) is 34.4 Å². The normalized spacial score (nSPS) is 19.1. The van der Waals surface area contributed by atoms with Crippen molar-refractivity contribution in [3.8, 4) is 5.75 Å². The van der Waals surface area contributed by atoms with Crippen LogP contribution >= 0.6 is 23.2 Å². The molecule has 0 radical (unpaired) electrons. The largest absolute Gasteiger partial charge is 0.496 e. The molecule has 0 saturated heterocycles. The van der Waals surface area contributed by atoms with Crippen LogP contribution in [-0.4, -0.2) is 30.1 Å². The summed E-state index contributed by atoms with van der Waals surface area (Å²) >= 11 is 11.7. The molecule has 0 fully saturated rings. The maximum Gasteiger partial charge on any atom is 0.435 e. The Morgan fingerprint density at radius 3 is 2.39 bits per heavy atom. The van der Waals surface area contributed by atoms with Crippen molar-refractivity contribution in [3.63, 3.8) is 0 Å². The molecule has 1 aliphatic rings. The van der Waals surface area contributed by atoms with E-state index in [1.807, 2.05) is 0 Å². The van der Waals surface area contributed by atoms with Gasteiger partial charge in [-0.05, 0) is 30.3 Å². The third-order valence-electron chi connectivity index (χ3n) is 4.28. The van der Waals surface area contributed by atoms with Crippen molar-refractivity contribution in [2.24, 2.45) is 5.16 Å². The Morgan fingerprint density at radius 2 is 1.86 bits per heavy atom. The number of benzene rings is 2. The lowest BCUT2D eigenvalue weighted by atomic mass is 9.86. The van der Waals surface area contributed by atoms with Crippen LogP contribution in [0.2, 0.25) is 10.0 Å². The van der Waals surface area contributed by atoms with Gasteiger partial charge in [-0.25, -0.2) is 4.79 Å². The summed E-state index contributed by atoms with van der Waals surface area (Å²) in [4.78, 5) is 16.1. The molecule has 28 heavy (non-hydrogen) atoms. The number of carboxylic acid groups (broad SMARTS) is 1. The highest BCUT2D eigenvalue weighted by atomic mass is 35.5. The van der Waals surface area contributed by atoms with Gasteiger partial charge in [0.15, 0.2) is 0 Å². The number of halogens is 5. The van der Waals surface area contributed by atoms with E-state index in [1.54, 1.807) is 0 Å². The van der Waals surface area contributed by atoms with Crippen LogP contribution in [0.5, 0.6) is 5.75 Å². The first kappa shape index (κ1) is 20.3. The smallest absolute Gasteiger partial charge is 0.435 e. The molecule has 148 valence electrons. The van der Waals surface area contributed by atoms with E-state index in [1.165, 1.54) is 31.4 Å². The minimum Gasteiger partial charge on any atom is -0.496 e. The fraction of sp³-hybridized carbons (Fsp3) is 0.222. The summed E-state index contributed by atoms with van der Waals surface area (Å²) in [7, 11) is 1.26. The van der Waals surface area contributed by atoms with Crippen LogP contribution in [0.15, 0.2) is 41.6 Å². The maximum atomic E-state index is 14.0. The van der Waals surface area contributed by atoms with Crippen LogP contribution in [0.1, 0.15) is 27.9 Å². The fourth-order valence-electron chi connectivity index (χ4n) is 2.89. The molecular formula is C18H12Cl2F3NO4. The second-order valence-corrected chi connectivity index (χ2v) is 6.88. The molecule has 5 nitrogen and oxygen atoms in total. The minimum absolute atomic E-state index is 0.0111. The summed E-state index contributed by atoms with van der Waals surface area (Å²) in [6.07, 6.45) is -5.47. The molecule has 1 N–H and O–H groups in total. The van der Waals surface area contributed by atoms with Gasteiger partial charge < -0.3 is 14.7 Å². The van der Waals surface area contributed by atoms with Gasteiger partial charge in [0.1, 0.15) is 11.3 Å². The predicted octanol–water partition coefficient (Wildman–Crippen LogP) is 5.28. The van der Waals surface area contributed by atoms with E-state index in [0.717, 1.165) is 12.1 Å². The summed E-state index contributed by atoms with van der Waals surface area (Å²) in [6.45, 7) is 0. The molecule has 0 aromatic heterocycles. The molecule has 0 amide bonds. The third-order valence-corrected chi connectivity index (χ3v) is 4.72. The Labute approximate surface area is 167 Å². The topological polar surface area (TPSA) is 68.1 Å². The van der Waals surface area contributed by atoms with Crippen LogP contribution in [0.4, 0.5) is 13.2 Å². The zero-order chi connectivity index (χ0) is 20.7. The minimum atomic E-state index is -4.82. The molecule has 3 rings (SSSR count). The summed E-state index contributed by atoms with van der Waals surface area (Å²) in [6, 6.07) is 7.40. The van der Waals surface area contributed by atoms with E-state index in [9.17, 15) is 18.0 Å². The molecule has 0 spiro atoms. The first-order valence-corrected chi connectivity index (χ1v) is 8.53. The quantitative estimate of drug-likeness (QED) is 0.711. The number of rotatable bonds is 4. The van der Waals surface area contributed by atoms with Crippen molar-refractivity contribution in [1.82, 2.24) is 0 Å². The Hall–Kier alpha value is -2.45. The number of aromatic carboxylic acids is 1. The van der Waals surface area contributed by atoms with E-state index in [2.05, 4.69) is 5.16 Å². The molecule has 10 heteroatoms. The van der Waals surface area contributed by atoms with Crippen LogP contribution in [0, 0.1) is 0 Å². The molecule has 1 heterocycles. The van der Waals surface area contributed by atoms with Gasteiger partial charge in [-0.15, -0.1) is 0 Å². The molecule has 2 aromatic rings. The lowest BCUT2D eigenvalue weighted by Crippen LogP contribution is -2.42. The summed E-state index contributed by atoms with van der Waals surface area (Å²) in [5.41, 5.74) is -2.97. The fourth-order valence-corrected chi connectivity index (χ4v) is 3.42. The maximum absolute atomic E-state index is 14.0. The molecule has 0 bridgehead atoms. The Balaban J connectivity index is 2.03. The molecular weight excluding hydrogens is 422 g/mol. The van der Waals surface area contributed by atoms with Gasteiger partial charge >= 0.3 is 12.1 Å². The van der Waals surface area contributed by atoms with E-state index in [4.69, 9.17) is 37.9 Å². The van der Waals surface area contributed by atoms with Crippen molar-refractivity contribution in [3.05, 3.63) is 63.1 Å². The van der Waals surface area contributed by atoms with E-state index < -0.39 is 24.2 Å². The van der Waals surface area contributed by atoms with Crippen LogP contribution in [0.3, 0.4) is 0 Å². The summed E-state index contributed by atoms with van der Waals surface area (Å²) in [5, 5.41) is 12.8. The number of hydrogen-bond acceptors (Lipinski definition) is 4. The predicted molar refractivity (Wildman–Crippen MR) is 96.4 cm³/mol. The lowest BCUT2D eigenvalue weighted by Gasteiger charge is -2.29. The van der Waals surface area contributed by atoms with Crippen molar-refractivity contribution in [2.75, 3.05) is 7.11 Å². The van der Waals surface area contributed by atoms with E-state index >= 15 is 0 Å². The van der Waals surface area contributed by atoms with Crippen LogP contribution < -0.4 is 4.74 Å². The zero-order valence-corrected chi connectivity index (χ0v) is 15.7. The highest BCUT2D eigenvalue weighted by molar-refractivity contribution is 6.34. The highest BCUT2D eigenvalue weighted by Gasteiger charge is 2.62. The van der Waals surface area contributed by atoms with Gasteiger partial charge in [-0.3, -0.25) is 0 Å². The Bertz CT molecular complexity index is 958. The van der Waals surface area contributed by atoms with Gasteiger partial charge in [-0.2, -0.15) is 13.2 Å². The Kier molecular flexibility index (Phi) is 5.20. The zero-order valence-electron chi connectivity index (χ0n) is 14.2. The van der Waals surface area contributed by atoms with E-state index in [0.29, 0.717) is 0 Å². The van der Waals surface area contributed by atoms with E-state index in [-0.39, 0.29) is 38.2 Å². The average molecular weight is 434 g/mol. The third kappa shape index (κ3) is 3.49. The first-order chi connectivity index (χ1) is 13.1. The molecule has 0 aliphatic carbocycles. The summed E-state index contributed by atoms with van der Waals surface area (Å²) < 4.78 is 47.0. The molecule has 2 aromatic carbocycles. The number of alkyl halides is 3. The summed E-state index contributed by atoms with van der Waals surface area (Å²) in [5.74, 6) is -1.24. The number of carbonyl (C=O) groups is 1. The SMILES string of the molecule is COc1cc(C2=NOC(c3cc(Cl)cc(Cl)c3)(C(F)(F)F)C2)ccc1C(=O)O. The van der Waals surface area contributed by atoms with Crippen molar-refractivity contribution in [1.29, 1.82) is 0 Å². The van der Waals surface area contributed by atoms with Crippen LogP contribution in [0.25, 0.3) is 0 Å². The number of ether oxygens (including phenoxy) is 1. The second kappa shape index (κ2) is 7.18. The standard InChI is InChI=1S/C18H12Cl2F3NO4/c1-27-15-4-9(2-3-13(15)16(25)26)14-8-17(28-24-14,18(21,22)23)10-5-11(19)7-12(20)6-10/h2-7H,8H2,1H3,(H,25,26). The molecule has 0 saturated carbocycles. The lowest BCUT2D eigenvalue weighted by molar-refractivity contribution is -0.275. The number of hydrogen-bond donors (Lipinski definition) is 1. The van der Waals surface area contributed by atoms with Crippen molar-refractivity contribution in [2.45, 2.75) is 18.2 Å². The highest BCUT2D eigenvalue weighted by Crippen LogP contribution is 2.49. The molecule has 1 atom stereocenters. The molecule has 1 unspecified atom stereocenters. The first-order valence-electron chi connectivity index (χ1n) is 7.77. The second-order valence-electron chi connectivity index (χ2n) is 6.01. The van der Waals surface area contributed by atoms with Gasteiger partial charge in [0, 0.05) is 27.6 Å². The number of oxime groups is 1. The van der Waals surface area contributed by atoms with Crippen molar-refractivity contribution < 1.29 is 32.6 Å². The monoisotopic (exact) mass is 433 g/mol. The van der Waals surface area contributed by atoms with Gasteiger partial charge in [0.25, 0.3) is 5.60 Å². The number of nitrogens with zero attached hydrogens (tertiary/aromatic N) is 1. The average Bonchev–Trinajstić information content (AvgIpc) is 3.07. The number of methoxy groups -OCH3 is 1. The van der Waals surface area contributed by atoms with Gasteiger partial charge in [0.05, 0.1) is 12.8 Å². The van der Waals surface area contributed by atoms with Gasteiger partial charge in [0.2, 0.25) is 0 Å². The van der Waals surface area contributed by atoms with Crippen LogP contribution in [-0.2, 0) is 10.4 Å². The van der Waals surface area contributed by atoms with Crippen molar-refractivity contribution >= 4 is 34.9 Å². The Morgan fingerprint density at radius 1 is 1.21 bits per heavy atom. The number of carboxylic acids is 1.